The third-order valence-electron chi connectivity index (χ3n) is 3.62. The fourth-order valence-corrected chi connectivity index (χ4v) is 3.49. The number of carbonyl (C=O) groups is 3. The molecule has 1 heterocycles. The van der Waals surface area contributed by atoms with Crippen molar-refractivity contribution in [3.63, 3.8) is 0 Å². The van der Waals surface area contributed by atoms with Gasteiger partial charge in [-0.1, -0.05) is 19.3 Å². The van der Waals surface area contributed by atoms with Crippen molar-refractivity contribution in [3.8, 4) is 0 Å². The Bertz CT molecular complexity index is 355. The number of rotatable bonds is 2. The summed E-state index contributed by atoms with van der Waals surface area (Å²) in [6.45, 7) is 0. The summed E-state index contributed by atoms with van der Waals surface area (Å²) in [6, 6.07) is -0.439. The first kappa shape index (κ1) is 13.4. The number of aliphatic carboxylic acids is 1. The van der Waals surface area contributed by atoms with Gasteiger partial charge < -0.3 is 5.11 Å². The minimum Gasteiger partial charge on any atom is -0.481 e. The van der Waals surface area contributed by atoms with Crippen LogP contribution < -0.4 is 0 Å². The normalized spacial score (nSPS) is 30.1. The Balaban J connectivity index is 2.22. The fourth-order valence-electron chi connectivity index (χ4n) is 2.76. The van der Waals surface area contributed by atoms with Gasteiger partial charge in [-0.2, -0.15) is 0 Å². The zero-order chi connectivity index (χ0) is 13.1. The highest BCUT2D eigenvalue weighted by atomic mass is 32.2. The van der Waals surface area contributed by atoms with Gasteiger partial charge in [-0.25, -0.2) is 0 Å². The fraction of sp³-hybridized carbons (Fsp3) is 0.750. The van der Waals surface area contributed by atoms with Gasteiger partial charge in [0.25, 0.3) is 0 Å². The average molecular weight is 271 g/mol. The van der Waals surface area contributed by atoms with Gasteiger partial charge in [0, 0.05) is 0 Å². The van der Waals surface area contributed by atoms with Gasteiger partial charge in [-0.05, 0) is 12.8 Å². The van der Waals surface area contributed by atoms with Gasteiger partial charge in [0.2, 0.25) is 11.8 Å². The van der Waals surface area contributed by atoms with E-state index in [-0.39, 0.29) is 23.3 Å². The molecule has 0 bridgehead atoms. The van der Waals surface area contributed by atoms with Crippen LogP contribution in [0.15, 0.2) is 0 Å². The first-order valence-electron chi connectivity index (χ1n) is 6.26. The molecule has 0 spiro atoms. The molecule has 0 radical (unpaired) electrons. The van der Waals surface area contributed by atoms with Gasteiger partial charge >= 0.3 is 5.97 Å². The molecule has 2 atom stereocenters. The van der Waals surface area contributed by atoms with E-state index in [0.29, 0.717) is 12.8 Å². The third kappa shape index (κ3) is 2.68. The van der Waals surface area contributed by atoms with Crippen molar-refractivity contribution in [3.05, 3.63) is 0 Å². The van der Waals surface area contributed by atoms with Gasteiger partial charge in [0.05, 0.1) is 23.5 Å². The molecule has 2 fully saturated rings. The molecule has 2 aliphatic rings. The van der Waals surface area contributed by atoms with E-state index in [9.17, 15) is 19.5 Å². The molecule has 100 valence electrons. The summed E-state index contributed by atoms with van der Waals surface area (Å²) in [5, 5.41) is 9.28. The van der Waals surface area contributed by atoms with Crippen molar-refractivity contribution in [2.75, 3.05) is 11.5 Å². The lowest BCUT2D eigenvalue weighted by atomic mass is 9.93. The van der Waals surface area contributed by atoms with Crippen LogP contribution in [0.3, 0.4) is 0 Å². The molecular weight excluding hydrogens is 254 g/mol. The van der Waals surface area contributed by atoms with Crippen LogP contribution in [0, 0.1) is 5.92 Å². The van der Waals surface area contributed by atoms with Gasteiger partial charge in [0.1, 0.15) is 0 Å². The SMILES string of the molecule is O=C(O)C1CCCCCC1N1C(=O)CSCC1=O. The maximum atomic E-state index is 11.9. The number of hydrogen-bond acceptors (Lipinski definition) is 4. The highest BCUT2D eigenvalue weighted by molar-refractivity contribution is 8.00. The van der Waals surface area contributed by atoms with E-state index in [1.165, 1.54) is 16.7 Å². The summed E-state index contributed by atoms with van der Waals surface area (Å²) in [4.78, 5) is 36.3. The predicted molar refractivity (Wildman–Crippen MR) is 67.2 cm³/mol. The largest absolute Gasteiger partial charge is 0.481 e. The summed E-state index contributed by atoms with van der Waals surface area (Å²) in [5.41, 5.74) is 0. The lowest BCUT2D eigenvalue weighted by Gasteiger charge is -2.35. The molecule has 6 heteroatoms. The molecule has 2 rings (SSSR count). The van der Waals surface area contributed by atoms with Crippen LogP contribution in [-0.4, -0.2) is 45.3 Å². The second-order valence-corrected chi connectivity index (χ2v) is 5.79. The summed E-state index contributed by atoms with van der Waals surface area (Å²) < 4.78 is 0. The van der Waals surface area contributed by atoms with Crippen LogP contribution >= 0.6 is 11.8 Å². The maximum Gasteiger partial charge on any atom is 0.308 e. The molecule has 0 aromatic rings. The first-order chi connectivity index (χ1) is 8.61. The van der Waals surface area contributed by atoms with Gasteiger partial charge in [-0.3, -0.25) is 19.3 Å². The Hall–Kier alpha value is -1.04. The van der Waals surface area contributed by atoms with Crippen LogP contribution in [0.25, 0.3) is 0 Å². The van der Waals surface area contributed by atoms with Crippen molar-refractivity contribution >= 4 is 29.5 Å². The number of amides is 2. The van der Waals surface area contributed by atoms with Crippen LogP contribution in [0.4, 0.5) is 0 Å². The summed E-state index contributed by atoms with van der Waals surface area (Å²) >= 11 is 1.31. The molecule has 0 aromatic carbocycles. The Labute approximate surface area is 110 Å². The van der Waals surface area contributed by atoms with Gasteiger partial charge in [-0.15, -0.1) is 11.8 Å². The van der Waals surface area contributed by atoms with E-state index in [1.54, 1.807) is 0 Å². The minimum absolute atomic E-state index is 0.227. The number of carboxylic acid groups (broad SMARTS) is 1. The van der Waals surface area contributed by atoms with E-state index < -0.39 is 17.9 Å². The van der Waals surface area contributed by atoms with Crippen LogP contribution in [0.1, 0.15) is 32.1 Å². The smallest absolute Gasteiger partial charge is 0.308 e. The monoisotopic (exact) mass is 271 g/mol. The summed E-state index contributed by atoms with van der Waals surface area (Å²) in [6.07, 6.45) is 3.91. The third-order valence-corrected chi connectivity index (χ3v) is 4.52. The Morgan fingerprint density at radius 2 is 1.72 bits per heavy atom. The highest BCUT2D eigenvalue weighted by Crippen LogP contribution is 2.30. The van der Waals surface area contributed by atoms with Crippen molar-refractivity contribution in [1.29, 1.82) is 0 Å². The molecule has 0 aromatic heterocycles. The Morgan fingerprint density at radius 1 is 1.11 bits per heavy atom. The van der Waals surface area contributed by atoms with Crippen molar-refractivity contribution in [1.82, 2.24) is 4.90 Å². The molecule has 2 unspecified atom stereocenters. The van der Waals surface area contributed by atoms with E-state index in [2.05, 4.69) is 0 Å². The number of carboxylic acids is 1. The van der Waals surface area contributed by atoms with Crippen LogP contribution in [0.5, 0.6) is 0 Å². The standard InChI is InChI=1S/C12H17NO4S/c14-10-6-18-7-11(15)13(10)9-5-3-1-2-4-8(9)12(16)17/h8-9H,1-7H2,(H,16,17). The molecule has 1 saturated carbocycles. The average Bonchev–Trinajstić information content (AvgIpc) is 2.54. The van der Waals surface area contributed by atoms with Gasteiger partial charge in [0.15, 0.2) is 0 Å². The van der Waals surface area contributed by atoms with E-state index in [1.807, 2.05) is 0 Å². The Kier molecular flexibility index (Phi) is 4.27. The number of nitrogens with zero attached hydrogens (tertiary/aromatic N) is 1. The molecule has 5 nitrogen and oxygen atoms in total. The number of imide groups is 1. The molecule has 2 amide bonds. The lowest BCUT2D eigenvalue weighted by Crippen LogP contribution is -2.53. The number of thioether (sulfide) groups is 1. The second-order valence-electron chi connectivity index (χ2n) is 4.80. The van der Waals surface area contributed by atoms with Crippen LogP contribution in [0.2, 0.25) is 0 Å². The number of carbonyl (C=O) groups excluding carboxylic acids is 2. The highest BCUT2D eigenvalue weighted by Gasteiger charge is 2.40. The molecule has 18 heavy (non-hydrogen) atoms. The second kappa shape index (κ2) is 5.73. The maximum absolute atomic E-state index is 11.9. The van der Waals surface area contributed by atoms with E-state index >= 15 is 0 Å². The quantitative estimate of drug-likeness (QED) is 0.602. The Morgan fingerprint density at radius 3 is 2.33 bits per heavy atom. The minimum atomic E-state index is -0.888. The van der Waals surface area contributed by atoms with E-state index in [4.69, 9.17) is 0 Å². The molecule has 1 aliphatic heterocycles. The predicted octanol–water partition coefficient (Wildman–Crippen LogP) is 1.12. The zero-order valence-corrected chi connectivity index (χ0v) is 10.9. The molecule has 1 N–H and O–H groups in total. The van der Waals surface area contributed by atoms with Crippen molar-refractivity contribution < 1.29 is 19.5 Å². The lowest BCUT2D eigenvalue weighted by molar-refractivity contribution is -0.151. The van der Waals surface area contributed by atoms with Crippen LogP contribution in [-0.2, 0) is 14.4 Å². The zero-order valence-electron chi connectivity index (χ0n) is 10.1. The molecular formula is C12H17NO4S. The number of hydrogen-bond donors (Lipinski definition) is 1. The first-order valence-corrected chi connectivity index (χ1v) is 7.42. The molecule has 1 saturated heterocycles. The van der Waals surface area contributed by atoms with E-state index in [0.717, 1.165) is 19.3 Å². The molecule has 1 aliphatic carbocycles. The summed E-state index contributed by atoms with van der Waals surface area (Å²) in [5.74, 6) is -1.36. The summed E-state index contributed by atoms with van der Waals surface area (Å²) in [7, 11) is 0. The van der Waals surface area contributed by atoms with Crippen molar-refractivity contribution in [2.45, 2.75) is 38.1 Å². The topological polar surface area (TPSA) is 74.7 Å². The van der Waals surface area contributed by atoms with Crippen molar-refractivity contribution in [2.24, 2.45) is 5.92 Å².